The Labute approximate surface area is 203 Å². The summed E-state index contributed by atoms with van der Waals surface area (Å²) in [6, 6.07) is 9.85. The highest BCUT2D eigenvalue weighted by atomic mass is 19.1. The number of hydrogen-bond donors (Lipinski definition) is 2. The van der Waals surface area contributed by atoms with Crippen LogP contribution in [0.2, 0.25) is 0 Å². The number of hydrogen-bond acceptors (Lipinski definition) is 5. The fraction of sp³-hybridized carbons (Fsp3) is 0.231. The molecule has 1 saturated carbocycles. The van der Waals surface area contributed by atoms with E-state index in [1.807, 2.05) is 0 Å². The van der Waals surface area contributed by atoms with E-state index in [4.69, 9.17) is 0 Å². The summed E-state index contributed by atoms with van der Waals surface area (Å²) < 4.78 is 18.4. The molecule has 2 aromatic heterocycles. The molecule has 0 bridgehead atoms. The molecule has 0 radical (unpaired) electrons. The number of carboxylic acid groups (broad SMARTS) is 1. The third-order valence-electron chi connectivity index (χ3n) is 6.51. The zero-order valence-electron chi connectivity index (χ0n) is 19.8. The van der Waals surface area contributed by atoms with Gasteiger partial charge in [-0.15, -0.1) is 0 Å². The molecule has 4 aromatic rings. The van der Waals surface area contributed by atoms with E-state index in [0.717, 1.165) is 4.57 Å². The average molecular weight is 490 g/mol. The molecule has 9 nitrogen and oxygen atoms in total. The highest BCUT2D eigenvalue weighted by Crippen LogP contribution is 2.34. The van der Waals surface area contributed by atoms with E-state index >= 15 is 0 Å². The summed E-state index contributed by atoms with van der Waals surface area (Å²) in [5, 5.41) is 12.2. The number of aromatic carboxylic acids is 1. The van der Waals surface area contributed by atoms with Gasteiger partial charge in [-0.25, -0.2) is 14.0 Å². The average Bonchev–Trinajstić information content (AvgIpc) is 3.67. The first-order valence-corrected chi connectivity index (χ1v) is 11.4. The molecule has 1 fully saturated rings. The molecule has 36 heavy (non-hydrogen) atoms. The predicted octanol–water partition coefficient (Wildman–Crippen LogP) is 3.38. The number of aryl methyl sites for hydroxylation is 2. The van der Waals surface area contributed by atoms with Crippen molar-refractivity contribution in [3.05, 3.63) is 96.2 Å². The summed E-state index contributed by atoms with van der Waals surface area (Å²) in [5.41, 5.74) is -0.338. The van der Waals surface area contributed by atoms with Gasteiger partial charge in [0.2, 0.25) is 0 Å². The highest BCUT2D eigenvalue weighted by molar-refractivity contribution is 5.94. The molecule has 2 heterocycles. The maximum Gasteiger partial charge on any atom is 0.336 e. The van der Waals surface area contributed by atoms with E-state index < -0.39 is 28.6 Å². The monoisotopic (exact) mass is 490 g/mol. The van der Waals surface area contributed by atoms with Crippen LogP contribution in [-0.2, 0) is 7.05 Å². The van der Waals surface area contributed by atoms with Crippen LogP contribution in [0.5, 0.6) is 0 Å². The second kappa shape index (κ2) is 8.33. The number of pyridine rings is 1. The Morgan fingerprint density at radius 1 is 1.03 bits per heavy atom. The summed E-state index contributed by atoms with van der Waals surface area (Å²) in [4.78, 5) is 52.0. The SMILES string of the molecule is Cc1ccc(Nc2c3c(=O)n(C4CC4)c(=O)n(-c4ccc(C(=O)O)cc4)c3c(C)c(=O)n2C)c(F)c1. The van der Waals surface area contributed by atoms with E-state index in [1.165, 1.54) is 59.5 Å². The Balaban J connectivity index is 1.91. The Bertz CT molecular complexity index is 1740. The summed E-state index contributed by atoms with van der Waals surface area (Å²) in [6.45, 7) is 3.26. The van der Waals surface area contributed by atoms with Crippen LogP contribution >= 0.6 is 0 Å². The smallest absolute Gasteiger partial charge is 0.336 e. The fourth-order valence-electron chi connectivity index (χ4n) is 4.46. The first kappa shape index (κ1) is 23.3. The molecule has 2 aromatic carbocycles. The molecule has 5 rings (SSSR count). The quantitative estimate of drug-likeness (QED) is 0.443. The van der Waals surface area contributed by atoms with Crippen LogP contribution in [0.3, 0.4) is 0 Å². The third-order valence-corrected chi connectivity index (χ3v) is 6.51. The highest BCUT2D eigenvalue weighted by Gasteiger charge is 2.31. The minimum absolute atomic E-state index is 0.0245. The molecule has 0 unspecified atom stereocenters. The lowest BCUT2D eigenvalue weighted by atomic mass is 10.1. The van der Waals surface area contributed by atoms with E-state index in [2.05, 4.69) is 5.32 Å². The standard InChI is InChI=1S/C26H23FN4O5/c1-13-4-11-19(18(27)12-13)28-22-20-21(14(2)23(32)29(22)3)30(16-7-5-15(6-8-16)25(34)35)26(36)31(24(20)33)17-9-10-17/h4-8,11-12,17,28H,9-10H2,1-3H3,(H,34,35). The summed E-state index contributed by atoms with van der Waals surface area (Å²) in [6.07, 6.45) is 1.30. The van der Waals surface area contributed by atoms with Crippen LogP contribution in [0.15, 0.2) is 56.8 Å². The van der Waals surface area contributed by atoms with Gasteiger partial charge in [-0.3, -0.25) is 23.3 Å². The van der Waals surface area contributed by atoms with Gasteiger partial charge in [0.25, 0.3) is 11.1 Å². The maximum atomic E-state index is 14.7. The second-order valence-electron chi connectivity index (χ2n) is 9.05. The molecule has 1 aliphatic rings. The molecule has 0 spiro atoms. The fourth-order valence-corrected chi connectivity index (χ4v) is 4.46. The number of carbonyl (C=O) groups is 1. The lowest BCUT2D eigenvalue weighted by Crippen LogP contribution is -2.41. The molecule has 1 aliphatic carbocycles. The van der Waals surface area contributed by atoms with Gasteiger partial charge in [0.05, 0.1) is 22.5 Å². The Kier molecular flexibility index (Phi) is 5.39. The van der Waals surface area contributed by atoms with Gasteiger partial charge in [0.1, 0.15) is 17.0 Å². The molecule has 0 atom stereocenters. The van der Waals surface area contributed by atoms with Crippen LogP contribution in [0.4, 0.5) is 15.9 Å². The van der Waals surface area contributed by atoms with Crippen molar-refractivity contribution in [3.8, 4) is 5.69 Å². The zero-order valence-corrected chi connectivity index (χ0v) is 19.8. The summed E-state index contributed by atoms with van der Waals surface area (Å²) >= 11 is 0. The minimum atomic E-state index is -1.13. The van der Waals surface area contributed by atoms with Crippen LogP contribution in [-0.4, -0.2) is 24.8 Å². The van der Waals surface area contributed by atoms with E-state index in [-0.39, 0.29) is 39.6 Å². The predicted molar refractivity (Wildman–Crippen MR) is 133 cm³/mol. The van der Waals surface area contributed by atoms with Crippen molar-refractivity contribution in [2.45, 2.75) is 32.7 Å². The summed E-state index contributed by atoms with van der Waals surface area (Å²) in [7, 11) is 1.47. The van der Waals surface area contributed by atoms with E-state index in [1.54, 1.807) is 13.0 Å². The first-order valence-electron chi connectivity index (χ1n) is 11.4. The van der Waals surface area contributed by atoms with Crippen LogP contribution < -0.4 is 22.1 Å². The van der Waals surface area contributed by atoms with Crippen molar-refractivity contribution in [3.63, 3.8) is 0 Å². The molecule has 2 N–H and O–H groups in total. The second-order valence-corrected chi connectivity index (χ2v) is 9.05. The molecule has 0 saturated heterocycles. The van der Waals surface area contributed by atoms with Crippen molar-refractivity contribution in [1.82, 2.24) is 13.7 Å². The molecule has 184 valence electrons. The number of carboxylic acids is 1. The number of halogens is 1. The molecule has 0 aliphatic heterocycles. The summed E-state index contributed by atoms with van der Waals surface area (Å²) in [5.74, 6) is -1.63. The van der Waals surface area contributed by atoms with Gasteiger partial charge in [-0.2, -0.15) is 0 Å². The number of fused-ring (bicyclic) bond motifs is 1. The lowest BCUT2D eigenvalue weighted by Gasteiger charge is -2.20. The van der Waals surface area contributed by atoms with E-state index in [9.17, 15) is 28.7 Å². The molecular formula is C26H23FN4O5. The topological polar surface area (TPSA) is 115 Å². The number of nitrogens with one attached hydrogen (secondary N) is 1. The molecule has 0 amide bonds. The molecular weight excluding hydrogens is 467 g/mol. The first-order chi connectivity index (χ1) is 17.1. The van der Waals surface area contributed by atoms with Crippen LogP contribution in [0.1, 0.15) is 40.4 Å². The van der Waals surface area contributed by atoms with Crippen molar-refractivity contribution < 1.29 is 14.3 Å². The van der Waals surface area contributed by atoms with Crippen LogP contribution in [0.25, 0.3) is 16.6 Å². The largest absolute Gasteiger partial charge is 0.478 e. The third kappa shape index (κ3) is 3.62. The normalized spacial score (nSPS) is 13.2. The number of aromatic nitrogens is 3. The van der Waals surface area contributed by atoms with Crippen molar-refractivity contribution in [2.24, 2.45) is 7.05 Å². The van der Waals surface area contributed by atoms with Crippen molar-refractivity contribution in [2.75, 3.05) is 5.32 Å². The van der Waals surface area contributed by atoms with Crippen molar-refractivity contribution in [1.29, 1.82) is 0 Å². The molecule has 10 heteroatoms. The zero-order chi connectivity index (χ0) is 25.9. The van der Waals surface area contributed by atoms with Gasteiger partial charge in [0.15, 0.2) is 0 Å². The van der Waals surface area contributed by atoms with Gasteiger partial charge in [0, 0.05) is 18.7 Å². The maximum absolute atomic E-state index is 14.7. The van der Waals surface area contributed by atoms with Crippen molar-refractivity contribution >= 4 is 28.4 Å². The lowest BCUT2D eigenvalue weighted by molar-refractivity contribution is 0.0697. The number of rotatable bonds is 5. The minimum Gasteiger partial charge on any atom is -0.478 e. The number of benzene rings is 2. The number of nitrogens with zero attached hydrogens (tertiary/aromatic N) is 3. The Morgan fingerprint density at radius 2 is 1.69 bits per heavy atom. The van der Waals surface area contributed by atoms with Gasteiger partial charge < -0.3 is 10.4 Å². The Morgan fingerprint density at radius 3 is 2.28 bits per heavy atom. The van der Waals surface area contributed by atoms with Gasteiger partial charge >= 0.3 is 11.7 Å². The van der Waals surface area contributed by atoms with Crippen LogP contribution in [0, 0.1) is 19.7 Å². The Hall–Kier alpha value is -4.47. The van der Waals surface area contributed by atoms with E-state index in [0.29, 0.717) is 24.1 Å². The van der Waals surface area contributed by atoms with Gasteiger partial charge in [-0.05, 0) is 68.7 Å². The number of anilines is 2. The van der Waals surface area contributed by atoms with Gasteiger partial charge in [-0.1, -0.05) is 6.07 Å².